The summed E-state index contributed by atoms with van der Waals surface area (Å²) in [7, 11) is 1.62. The molecule has 0 aliphatic carbocycles. The molecule has 0 unspecified atom stereocenters. The predicted molar refractivity (Wildman–Crippen MR) is 48.4 cm³/mol. The van der Waals surface area contributed by atoms with Gasteiger partial charge in [0.2, 0.25) is 0 Å². The van der Waals surface area contributed by atoms with Crippen LogP contribution in [-0.4, -0.2) is 22.3 Å². The Bertz CT molecular complexity index is 384. The molecule has 0 saturated carbocycles. The molecule has 0 bridgehead atoms. The van der Waals surface area contributed by atoms with Gasteiger partial charge in [-0.05, 0) is 6.07 Å². The van der Waals surface area contributed by atoms with E-state index in [0.29, 0.717) is 0 Å². The topological polar surface area (TPSA) is 50.8 Å². The normalized spacial score (nSPS) is 9.92. The van der Waals surface area contributed by atoms with Crippen LogP contribution in [0, 0.1) is 0 Å². The number of nitrogens with zero attached hydrogens (tertiary/aromatic N) is 2. The van der Waals surface area contributed by atoms with Crippen molar-refractivity contribution in [3.8, 4) is 16.9 Å². The lowest BCUT2D eigenvalue weighted by molar-refractivity contribution is 0.413. The van der Waals surface area contributed by atoms with Crippen LogP contribution in [0.3, 0.4) is 0 Å². The molecule has 0 spiro atoms. The summed E-state index contributed by atoms with van der Waals surface area (Å²) >= 11 is 0. The molecule has 0 radical (unpaired) electrons. The van der Waals surface area contributed by atoms with E-state index in [4.69, 9.17) is 4.74 Å². The zero-order chi connectivity index (χ0) is 9.10. The molecule has 0 aliphatic rings. The van der Waals surface area contributed by atoms with Crippen LogP contribution in [0.5, 0.6) is 5.75 Å². The molecular formula is C9H9N3O. The van der Waals surface area contributed by atoms with E-state index in [9.17, 15) is 0 Å². The summed E-state index contributed by atoms with van der Waals surface area (Å²) in [5.41, 5.74) is 2.00. The molecular weight excluding hydrogens is 166 g/mol. The minimum absolute atomic E-state index is 0.749. The predicted octanol–water partition coefficient (Wildman–Crippen LogP) is 1.48. The number of methoxy groups -OCH3 is 1. The highest BCUT2D eigenvalue weighted by atomic mass is 16.5. The first-order chi connectivity index (χ1) is 6.40. The van der Waals surface area contributed by atoms with Gasteiger partial charge in [0.15, 0.2) is 0 Å². The number of nitrogens with one attached hydrogen (secondary N) is 1. The largest absolute Gasteiger partial charge is 0.495 e. The number of ether oxygens (including phenoxy) is 1. The Hall–Kier alpha value is -1.84. The van der Waals surface area contributed by atoms with Crippen molar-refractivity contribution in [2.24, 2.45) is 0 Å². The molecule has 13 heavy (non-hydrogen) atoms. The molecule has 0 aromatic carbocycles. The van der Waals surface area contributed by atoms with Crippen LogP contribution >= 0.6 is 0 Å². The van der Waals surface area contributed by atoms with Crippen molar-refractivity contribution in [1.82, 2.24) is 15.2 Å². The van der Waals surface area contributed by atoms with Crippen molar-refractivity contribution in [2.45, 2.75) is 0 Å². The molecule has 1 N–H and O–H groups in total. The summed E-state index contributed by atoms with van der Waals surface area (Å²) in [6.45, 7) is 0. The van der Waals surface area contributed by atoms with Crippen LogP contribution in [0.15, 0.2) is 30.9 Å². The van der Waals surface area contributed by atoms with Crippen molar-refractivity contribution in [3.05, 3.63) is 30.9 Å². The Morgan fingerprint density at radius 2 is 2.15 bits per heavy atom. The maximum Gasteiger partial charge on any atom is 0.137 e. The first-order valence-electron chi connectivity index (χ1n) is 3.88. The van der Waals surface area contributed by atoms with Gasteiger partial charge < -0.3 is 4.74 Å². The minimum Gasteiger partial charge on any atom is -0.495 e. The van der Waals surface area contributed by atoms with Gasteiger partial charge in [-0.25, -0.2) is 0 Å². The zero-order valence-corrected chi connectivity index (χ0v) is 7.19. The molecule has 2 heterocycles. The third kappa shape index (κ3) is 1.51. The van der Waals surface area contributed by atoms with Gasteiger partial charge in [-0.1, -0.05) is 0 Å². The lowest BCUT2D eigenvalue weighted by atomic mass is 10.2. The lowest BCUT2D eigenvalue weighted by Crippen LogP contribution is -1.84. The number of rotatable bonds is 2. The van der Waals surface area contributed by atoms with Gasteiger partial charge in [0.1, 0.15) is 5.75 Å². The van der Waals surface area contributed by atoms with Crippen LogP contribution in [0.1, 0.15) is 0 Å². The second-order valence-corrected chi connectivity index (χ2v) is 2.60. The van der Waals surface area contributed by atoms with Crippen LogP contribution in [0.25, 0.3) is 11.1 Å². The molecule has 0 amide bonds. The third-order valence-electron chi connectivity index (χ3n) is 1.78. The van der Waals surface area contributed by atoms with Crippen LogP contribution in [-0.2, 0) is 0 Å². The molecule has 4 nitrogen and oxygen atoms in total. The van der Waals surface area contributed by atoms with E-state index in [1.807, 2.05) is 12.3 Å². The molecule has 0 atom stereocenters. The fourth-order valence-corrected chi connectivity index (χ4v) is 1.10. The number of aromatic nitrogens is 3. The Kier molecular flexibility index (Phi) is 1.96. The van der Waals surface area contributed by atoms with Crippen molar-refractivity contribution >= 4 is 0 Å². The molecule has 2 aromatic rings. The second-order valence-electron chi connectivity index (χ2n) is 2.60. The van der Waals surface area contributed by atoms with Gasteiger partial charge in [-0.3, -0.25) is 10.1 Å². The SMILES string of the molecule is COc1cncc(-c2cn[nH]c2)c1. The average Bonchev–Trinajstić information content (AvgIpc) is 2.71. The van der Waals surface area contributed by atoms with Gasteiger partial charge in [-0.15, -0.1) is 0 Å². The maximum atomic E-state index is 5.06. The maximum absolute atomic E-state index is 5.06. The van der Waals surface area contributed by atoms with E-state index in [1.54, 1.807) is 25.7 Å². The first kappa shape index (κ1) is 7.79. The third-order valence-corrected chi connectivity index (χ3v) is 1.78. The molecule has 4 heteroatoms. The summed E-state index contributed by atoms with van der Waals surface area (Å²) in [6.07, 6.45) is 7.00. The summed E-state index contributed by atoms with van der Waals surface area (Å²) in [4.78, 5) is 4.04. The standard InChI is InChI=1S/C9H9N3O/c1-13-9-2-7(3-10-6-9)8-4-11-12-5-8/h2-6H,1H3,(H,11,12). The van der Waals surface area contributed by atoms with E-state index in [1.165, 1.54) is 0 Å². The molecule has 2 rings (SSSR count). The van der Waals surface area contributed by atoms with Crippen LogP contribution in [0.2, 0.25) is 0 Å². The smallest absolute Gasteiger partial charge is 0.137 e. The summed E-state index contributed by atoms with van der Waals surface area (Å²) < 4.78 is 5.06. The van der Waals surface area contributed by atoms with E-state index in [0.717, 1.165) is 16.9 Å². The minimum atomic E-state index is 0.749. The van der Waals surface area contributed by atoms with Gasteiger partial charge in [0.25, 0.3) is 0 Å². The van der Waals surface area contributed by atoms with Crippen molar-refractivity contribution in [3.63, 3.8) is 0 Å². The summed E-state index contributed by atoms with van der Waals surface area (Å²) in [5.74, 6) is 0.749. The van der Waals surface area contributed by atoms with Gasteiger partial charge in [-0.2, -0.15) is 5.10 Å². The Balaban J connectivity index is 2.41. The average molecular weight is 175 g/mol. The van der Waals surface area contributed by atoms with Crippen molar-refractivity contribution in [2.75, 3.05) is 7.11 Å². The highest BCUT2D eigenvalue weighted by Gasteiger charge is 2.00. The zero-order valence-electron chi connectivity index (χ0n) is 7.19. The molecule has 0 saturated heterocycles. The van der Waals surface area contributed by atoms with E-state index in [2.05, 4.69) is 15.2 Å². The fourth-order valence-electron chi connectivity index (χ4n) is 1.10. The van der Waals surface area contributed by atoms with Gasteiger partial charge >= 0.3 is 0 Å². The first-order valence-corrected chi connectivity index (χ1v) is 3.88. The second kappa shape index (κ2) is 3.26. The van der Waals surface area contributed by atoms with Gasteiger partial charge in [0.05, 0.1) is 19.5 Å². The highest BCUT2D eigenvalue weighted by molar-refractivity contribution is 5.61. The monoisotopic (exact) mass is 175 g/mol. The fraction of sp³-hybridized carbons (Fsp3) is 0.111. The summed E-state index contributed by atoms with van der Waals surface area (Å²) in [5, 5.41) is 6.61. The highest BCUT2D eigenvalue weighted by Crippen LogP contribution is 2.20. The van der Waals surface area contributed by atoms with E-state index < -0.39 is 0 Å². The number of hydrogen-bond acceptors (Lipinski definition) is 3. The van der Waals surface area contributed by atoms with Crippen molar-refractivity contribution < 1.29 is 4.74 Å². The Labute approximate surface area is 75.6 Å². The molecule has 0 fully saturated rings. The number of pyridine rings is 1. The molecule has 2 aromatic heterocycles. The Morgan fingerprint density at radius 3 is 2.85 bits per heavy atom. The summed E-state index contributed by atoms with van der Waals surface area (Å²) in [6, 6.07) is 1.91. The van der Waals surface area contributed by atoms with E-state index in [-0.39, 0.29) is 0 Å². The lowest BCUT2D eigenvalue weighted by Gasteiger charge is -2.00. The van der Waals surface area contributed by atoms with Gasteiger partial charge in [0, 0.05) is 23.5 Å². The molecule has 66 valence electrons. The van der Waals surface area contributed by atoms with Crippen LogP contribution < -0.4 is 4.74 Å². The number of hydrogen-bond donors (Lipinski definition) is 1. The quantitative estimate of drug-likeness (QED) is 0.752. The molecule has 0 aliphatic heterocycles. The van der Waals surface area contributed by atoms with Crippen molar-refractivity contribution in [1.29, 1.82) is 0 Å². The van der Waals surface area contributed by atoms with E-state index >= 15 is 0 Å². The number of H-pyrrole nitrogens is 1. The van der Waals surface area contributed by atoms with Crippen LogP contribution in [0.4, 0.5) is 0 Å². The number of aromatic amines is 1. The Morgan fingerprint density at radius 1 is 1.23 bits per heavy atom.